The molecule has 1 aliphatic heterocycles. The summed E-state index contributed by atoms with van der Waals surface area (Å²) in [6, 6.07) is 3.71. The number of anilines is 1. The lowest BCUT2D eigenvalue weighted by molar-refractivity contribution is 0.0920. The molecule has 6 heteroatoms. The highest BCUT2D eigenvalue weighted by atomic mass is 32.1. The molecule has 0 aliphatic carbocycles. The predicted molar refractivity (Wildman–Crippen MR) is 86.5 cm³/mol. The van der Waals surface area contributed by atoms with Gasteiger partial charge in [0.05, 0.1) is 23.4 Å². The zero-order valence-electron chi connectivity index (χ0n) is 12.8. The van der Waals surface area contributed by atoms with Crippen LogP contribution in [0, 0.1) is 13.8 Å². The fraction of sp³-hybridized carbons (Fsp3) is 0.438. The molecule has 3 heterocycles. The van der Waals surface area contributed by atoms with Gasteiger partial charge in [-0.05, 0) is 38.8 Å². The van der Waals surface area contributed by atoms with Gasteiger partial charge in [-0.25, -0.2) is 4.98 Å². The summed E-state index contributed by atoms with van der Waals surface area (Å²) in [7, 11) is 0. The minimum absolute atomic E-state index is 0.00944. The molecule has 5 nitrogen and oxygen atoms in total. The van der Waals surface area contributed by atoms with Crippen LogP contribution in [0.1, 0.15) is 33.2 Å². The Morgan fingerprint density at radius 3 is 2.77 bits per heavy atom. The molecule has 116 valence electrons. The average Bonchev–Trinajstić information content (AvgIpc) is 3.14. The Morgan fingerprint density at radius 2 is 2.18 bits per heavy atom. The lowest BCUT2D eigenvalue weighted by Crippen LogP contribution is -2.37. The van der Waals surface area contributed by atoms with Crippen molar-refractivity contribution < 1.29 is 9.53 Å². The molecule has 22 heavy (non-hydrogen) atoms. The summed E-state index contributed by atoms with van der Waals surface area (Å²) < 4.78 is 5.70. The van der Waals surface area contributed by atoms with Crippen molar-refractivity contribution in [2.24, 2.45) is 0 Å². The van der Waals surface area contributed by atoms with Gasteiger partial charge in [0.25, 0.3) is 5.91 Å². The van der Waals surface area contributed by atoms with Crippen LogP contribution in [0.4, 0.5) is 5.69 Å². The lowest BCUT2D eigenvalue weighted by Gasteiger charge is -2.25. The van der Waals surface area contributed by atoms with Gasteiger partial charge in [0.15, 0.2) is 0 Å². The molecule has 0 bridgehead atoms. The third kappa shape index (κ3) is 3.18. The highest BCUT2D eigenvalue weighted by Crippen LogP contribution is 2.25. The Labute approximate surface area is 134 Å². The molecule has 1 atom stereocenters. The van der Waals surface area contributed by atoms with Crippen molar-refractivity contribution in [3.8, 4) is 0 Å². The summed E-state index contributed by atoms with van der Waals surface area (Å²) in [6.45, 7) is 5.15. The van der Waals surface area contributed by atoms with E-state index in [0.717, 1.165) is 35.8 Å². The van der Waals surface area contributed by atoms with Crippen LogP contribution in [-0.4, -0.2) is 35.1 Å². The highest BCUT2D eigenvalue weighted by molar-refractivity contribution is 7.13. The summed E-state index contributed by atoms with van der Waals surface area (Å²) in [5.41, 5.74) is 1.64. The number of aromatic nitrogens is 2. The van der Waals surface area contributed by atoms with E-state index in [-0.39, 0.29) is 12.0 Å². The first-order valence-corrected chi connectivity index (χ1v) is 8.24. The number of aryl methyl sites for hydroxylation is 2. The zero-order chi connectivity index (χ0) is 15.5. The van der Waals surface area contributed by atoms with E-state index in [1.807, 2.05) is 26.0 Å². The first kappa shape index (κ1) is 15.1. The molecule has 3 rings (SSSR count). The molecule has 0 unspecified atom stereocenters. The average molecular weight is 317 g/mol. The maximum atomic E-state index is 13.0. The van der Waals surface area contributed by atoms with Gasteiger partial charge in [0.2, 0.25) is 0 Å². The number of nitrogens with zero attached hydrogens (tertiary/aromatic N) is 3. The first-order chi connectivity index (χ1) is 10.6. The van der Waals surface area contributed by atoms with Gasteiger partial charge in [-0.1, -0.05) is 0 Å². The minimum atomic E-state index is -0.00944. The third-order valence-corrected chi connectivity index (χ3v) is 4.79. The van der Waals surface area contributed by atoms with Crippen LogP contribution in [0.15, 0.2) is 24.5 Å². The van der Waals surface area contributed by atoms with E-state index in [9.17, 15) is 4.79 Å². The standard InChI is InChI=1S/C16H19N3O2S/c1-11-15(22-12(2)18-11)16(20)19(10-14-4-3-9-21-14)13-5-7-17-8-6-13/h5-8,14H,3-4,9-10H2,1-2H3/t14-/m1/s1. The number of pyridine rings is 1. The Bertz CT molecular complexity index is 651. The van der Waals surface area contributed by atoms with E-state index in [1.165, 1.54) is 11.3 Å². The largest absolute Gasteiger partial charge is 0.376 e. The van der Waals surface area contributed by atoms with E-state index in [2.05, 4.69) is 9.97 Å². The van der Waals surface area contributed by atoms with E-state index < -0.39 is 0 Å². The Hall–Kier alpha value is -1.79. The van der Waals surface area contributed by atoms with Crippen molar-refractivity contribution in [2.75, 3.05) is 18.1 Å². The van der Waals surface area contributed by atoms with E-state index >= 15 is 0 Å². The van der Waals surface area contributed by atoms with Crippen molar-refractivity contribution in [1.82, 2.24) is 9.97 Å². The number of carbonyl (C=O) groups is 1. The summed E-state index contributed by atoms with van der Waals surface area (Å²) in [5, 5.41) is 0.910. The highest BCUT2D eigenvalue weighted by Gasteiger charge is 2.27. The molecule has 1 saturated heterocycles. The van der Waals surface area contributed by atoms with Gasteiger partial charge in [-0.15, -0.1) is 11.3 Å². The summed E-state index contributed by atoms with van der Waals surface area (Å²) in [5.74, 6) is -0.00944. The van der Waals surface area contributed by atoms with Gasteiger partial charge in [-0.2, -0.15) is 0 Å². The van der Waals surface area contributed by atoms with Crippen molar-refractivity contribution in [2.45, 2.75) is 32.8 Å². The van der Waals surface area contributed by atoms with Gasteiger partial charge >= 0.3 is 0 Å². The molecular formula is C16H19N3O2S. The molecule has 1 fully saturated rings. The molecule has 0 saturated carbocycles. The fourth-order valence-corrected chi connectivity index (χ4v) is 3.54. The maximum Gasteiger partial charge on any atom is 0.270 e. The molecule has 1 amide bonds. The van der Waals surface area contributed by atoms with Crippen LogP contribution in [0.2, 0.25) is 0 Å². The number of rotatable bonds is 4. The zero-order valence-corrected chi connectivity index (χ0v) is 13.6. The molecule has 2 aromatic rings. The molecule has 2 aromatic heterocycles. The number of ether oxygens (including phenoxy) is 1. The quantitative estimate of drug-likeness (QED) is 0.870. The van der Waals surface area contributed by atoms with Crippen LogP contribution in [0.5, 0.6) is 0 Å². The Kier molecular flexibility index (Phi) is 4.49. The van der Waals surface area contributed by atoms with E-state index in [0.29, 0.717) is 11.4 Å². The second kappa shape index (κ2) is 6.54. The van der Waals surface area contributed by atoms with Crippen LogP contribution in [0.3, 0.4) is 0 Å². The van der Waals surface area contributed by atoms with Crippen molar-refractivity contribution in [3.05, 3.63) is 40.1 Å². The number of thiazole rings is 1. The second-order valence-electron chi connectivity index (χ2n) is 5.40. The van der Waals surface area contributed by atoms with Crippen LogP contribution in [0.25, 0.3) is 0 Å². The van der Waals surface area contributed by atoms with E-state index in [4.69, 9.17) is 4.74 Å². The third-order valence-electron chi connectivity index (χ3n) is 3.73. The Morgan fingerprint density at radius 1 is 1.41 bits per heavy atom. The van der Waals surface area contributed by atoms with Crippen molar-refractivity contribution >= 4 is 22.9 Å². The summed E-state index contributed by atoms with van der Waals surface area (Å²) in [4.78, 5) is 23.9. The van der Waals surface area contributed by atoms with Gasteiger partial charge < -0.3 is 9.64 Å². The Balaban J connectivity index is 1.90. The van der Waals surface area contributed by atoms with Gasteiger partial charge in [0, 0.05) is 24.7 Å². The number of hydrogen-bond acceptors (Lipinski definition) is 5. The molecule has 0 spiro atoms. The summed E-state index contributed by atoms with van der Waals surface area (Å²) >= 11 is 1.44. The van der Waals surface area contributed by atoms with Gasteiger partial charge in [0.1, 0.15) is 4.88 Å². The lowest BCUT2D eigenvalue weighted by atomic mass is 10.2. The predicted octanol–water partition coefficient (Wildman–Crippen LogP) is 2.98. The van der Waals surface area contributed by atoms with Crippen LogP contribution in [-0.2, 0) is 4.74 Å². The normalized spacial score (nSPS) is 17.6. The second-order valence-corrected chi connectivity index (χ2v) is 6.61. The van der Waals surface area contributed by atoms with Crippen molar-refractivity contribution in [3.63, 3.8) is 0 Å². The van der Waals surface area contributed by atoms with Crippen LogP contribution >= 0.6 is 11.3 Å². The molecule has 0 radical (unpaired) electrons. The number of hydrogen-bond donors (Lipinski definition) is 0. The summed E-state index contributed by atoms with van der Waals surface area (Å²) in [6.07, 6.45) is 5.56. The topological polar surface area (TPSA) is 55.3 Å². The smallest absolute Gasteiger partial charge is 0.270 e. The first-order valence-electron chi connectivity index (χ1n) is 7.42. The molecule has 0 aromatic carbocycles. The maximum absolute atomic E-state index is 13.0. The minimum Gasteiger partial charge on any atom is -0.376 e. The van der Waals surface area contributed by atoms with Crippen LogP contribution < -0.4 is 4.90 Å². The number of amides is 1. The van der Waals surface area contributed by atoms with Gasteiger partial charge in [-0.3, -0.25) is 9.78 Å². The SMILES string of the molecule is Cc1nc(C)c(C(=O)N(C[C@H]2CCCO2)c2ccncc2)s1. The number of carbonyl (C=O) groups excluding carboxylic acids is 1. The van der Waals surface area contributed by atoms with E-state index in [1.54, 1.807) is 17.3 Å². The molecular weight excluding hydrogens is 298 g/mol. The molecule has 1 aliphatic rings. The van der Waals surface area contributed by atoms with Crippen molar-refractivity contribution in [1.29, 1.82) is 0 Å². The monoisotopic (exact) mass is 317 g/mol. The fourth-order valence-electron chi connectivity index (χ4n) is 2.67. The molecule has 0 N–H and O–H groups in total.